The van der Waals surface area contributed by atoms with Gasteiger partial charge in [-0.2, -0.15) is 13.2 Å². The van der Waals surface area contributed by atoms with Crippen molar-refractivity contribution in [3.63, 3.8) is 0 Å². The van der Waals surface area contributed by atoms with Crippen LogP contribution in [0.25, 0.3) is 0 Å². The average molecular weight is 355 g/mol. The molecule has 0 heterocycles. The Labute approximate surface area is 139 Å². The van der Waals surface area contributed by atoms with E-state index in [9.17, 15) is 22.8 Å². The van der Waals surface area contributed by atoms with Crippen molar-refractivity contribution in [2.24, 2.45) is 5.73 Å². The minimum Gasteiger partial charge on any atom is -0.444 e. The van der Waals surface area contributed by atoms with E-state index < -0.39 is 23.5 Å². The van der Waals surface area contributed by atoms with Crippen LogP contribution < -0.4 is 5.73 Å². The van der Waals surface area contributed by atoms with Crippen molar-refractivity contribution in [3.8, 4) is 0 Å². The Morgan fingerprint density at radius 3 is 2.08 bits per heavy atom. The lowest BCUT2D eigenvalue weighted by Gasteiger charge is -2.15. The van der Waals surface area contributed by atoms with E-state index in [-0.39, 0.29) is 22.2 Å². The van der Waals surface area contributed by atoms with E-state index in [1.54, 1.807) is 30.3 Å². The number of hydrogen-bond donors (Lipinski definition) is 1. The van der Waals surface area contributed by atoms with E-state index in [4.69, 9.17) is 10.5 Å². The Balaban J connectivity index is 2.12. The summed E-state index contributed by atoms with van der Waals surface area (Å²) in [5, 5.41) is 0. The monoisotopic (exact) mass is 355 g/mol. The van der Waals surface area contributed by atoms with Crippen molar-refractivity contribution < 1.29 is 27.5 Å². The van der Waals surface area contributed by atoms with Crippen LogP contribution in [0.15, 0.2) is 59.5 Å². The molecule has 2 aromatic carbocycles. The second-order valence-corrected chi connectivity index (χ2v) is 5.81. The molecule has 2 rings (SSSR count). The molecule has 4 nitrogen and oxygen atoms in total. The minimum atomic E-state index is -4.41. The molecule has 2 N–H and O–H groups in total. The average Bonchev–Trinajstić information content (AvgIpc) is 2.52. The van der Waals surface area contributed by atoms with Crippen LogP contribution in [0.4, 0.5) is 13.2 Å². The van der Waals surface area contributed by atoms with Gasteiger partial charge in [0.1, 0.15) is 0 Å². The molecule has 0 saturated heterocycles. The Morgan fingerprint density at radius 1 is 1.00 bits per heavy atom. The first-order chi connectivity index (χ1) is 11.3. The van der Waals surface area contributed by atoms with Gasteiger partial charge in [-0.3, -0.25) is 4.79 Å². The van der Waals surface area contributed by atoms with Crippen molar-refractivity contribution in [3.05, 3.63) is 65.7 Å². The number of nitrogens with two attached hydrogens (primary N) is 1. The van der Waals surface area contributed by atoms with E-state index in [0.717, 1.165) is 12.1 Å². The van der Waals surface area contributed by atoms with Crippen LogP contribution >= 0.6 is 11.8 Å². The molecular weight excluding hydrogens is 343 g/mol. The van der Waals surface area contributed by atoms with E-state index in [2.05, 4.69) is 0 Å². The van der Waals surface area contributed by atoms with E-state index in [0.29, 0.717) is 5.56 Å². The number of benzene rings is 2. The predicted molar refractivity (Wildman–Crippen MR) is 82.1 cm³/mol. The van der Waals surface area contributed by atoms with Crippen LogP contribution in [0.3, 0.4) is 0 Å². The Kier molecular flexibility index (Phi) is 5.50. The van der Waals surface area contributed by atoms with Gasteiger partial charge in [0.2, 0.25) is 6.10 Å². The summed E-state index contributed by atoms with van der Waals surface area (Å²) < 4.78 is 41.9. The number of carbonyl (C=O) groups excluding carboxylic acids is 2. The van der Waals surface area contributed by atoms with Crippen molar-refractivity contribution in [1.82, 2.24) is 0 Å². The summed E-state index contributed by atoms with van der Waals surface area (Å²) in [7, 11) is 0. The van der Waals surface area contributed by atoms with Crippen LogP contribution in [0.2, 0.25) is 0 Å². The number of hydrogen-bond acceptors (Lipinski definition) is 4. The summed E-state index contributed by atoms with van der Waals surface area (Å²) in [6.45, 7) is 0. The highest BCUT2D eigenvalue weighted by molar-refractivity contribution is 8.00. The summed E-state index contributed by atoms with van der Waals surface area (Å²) in [4.78, 5) is 23.5. The van der Waals surface area contributed by atoms with Gasteiger partial charge in [-0.15, -0.1) is 0 Å². The third-order valence-electron chi connectivity index (χ3n) is 2.91. The molecule has 1 amide bonds. The molecule has 1 unspecified atom stereocenters. The topological polar surface area (TPSA) is 69.4 Å². The first kappa shape index (κ1) is 17.9. The molecule has 0 radical (unpaired) electrons. The van der Waals surface area contributed by atoms with Crippen LogP contribution in [-0.4, -0.2) is 17.4 Å². The second kappa shape index (κ2) is 7.39. The van der Waals surface area contributed by atoms with Crippen LogP contribution in [0.1, 0.15) is 22.0 Å². The molecule has 0 aliphatic carbocycles. The maximum atomic E-state index is 12.3. The number of thioether (sulfide) groups is 1. The second-order valence-electron chi connectivity index (χ2n) is 4.67. The highest BCUT2D eigenvalue weighted by Crippen LogP contribution is 2.36. The number of carbonyl (C=O) groups is 2. The molecule has 0 aliphatic rings. The number of rotatable bonds is 5. The molecule has 0 spiro atoms. The molecule has 24 heavy (non-hydrogen) atoms. The summed E-state index contributed by atoms with van der Waals surface area (Å²) in [5.74, 6) is -1.70. The zero-order valence-corrected chi connectivity index (χ0v) is 12.9. The zero-order valence-electron chi connectivity index (χ0n) is 12.1. The molecule has 0 aromatic heterocycles. The number of esters is 1. The van der Waals surface area contributed by atoms with E-state index in [1.807, 2.05) is 0 Å². The molecule has 0 saturated carbocycles. The normalized spacial score (nSPS) is 12.5. The highest BCUT2D eigenvalue weighted by atomic mass is 32.2. The molecule has 8 heteroatoms. The number of amides is 1. The minimum absolute atomic E-state index is 0.0173. The van der Waals surface area contributed by atoms with Crippen molar-refractivity contribution in [1.29, 1.82) is 0 Å². The third-order valence-corrected chi connectivity index (χ3v) is 3.65. The van der Waals surface area contributed by atoms with Crippen molar-refractivity contribution >= 4 is 23.6 Å². The van der Waals surface area contributed by atoms with Gasteiger partial charge >= 0.3 is 11.5 Å². The van der Waals surface area contributed by atoms with Crippen LogP contribution in [0, 0.1) is 0 Å². The molecule has 1 atom stereocenters. The molecule has 126 valence electrons. The first-order valence-electron chi connectivity index (χ1n) is 6.67. The zero-order chi connectivity index (χ0) is 17.7. The molecule has 0 bridgehead atoms. The van der Waals surface area contributed by atoms with E-state index in [1.165, 1.54) is 12.1 Å². The summed E-state index contributed by atoms with van der Waals surface area (Å²) in [6, 6.07) is 12.9. The fourth-order valence-corrected chi connectivity index (χ4v) is 2.43. The van der Waals surface area contributed by atoms with Gasteiger partial charge in [-0.25, -0.2) is 4.79 Å². The maximum absolute atomic E-state index is 12.3. The number of alkyl halides is 3. The Bertz CT molecular complexity index is 718. The third kappa shape index (κ3) is 5.02. The van der Waals surface area contributed by atoms with E-state index >= 15 is 0 Å². The molecule has 2 aromatic rings. The molecular formula is C16H12F3NO3S. The highest BCUT2D eigenvalue weighted by Gasteiger charge is 2.29. The number of halogens is 3. The van der Waals surface area contributed by atoms with Crippen molar-refractivity contribution in [2.75, 3.05) is 0 Å². The lowest BCUT2D eigenvalue weighted by atomic mass is 10.1. The summed E-state index contributed by atoms with van der Waals surface area (Å²) in [6.07, 6.45) is -1.28. The van der Waals surface area contributed by atoms with Crippen molar-refractivity contribution in [2.45, 2.75) is 16.5 Å². The SMILES string of the molecule is NC(=O)C(OC(=O)c1ccc(SC(F)(F)F)cc1)c1ccccc1. The smallest absolute Gasteiger partial charge is 0.444 e. The largest absolute Gasteiger partial charge is 0.446 e. The van der Waals surface area contributed by atoms with Gasteiger partial charge in [0.05, 0.1) is 5.56 Å². The summed E-state index contributed by atoms with van der Waals surface area (Å²) in [5.41, 5.74) is 1.26. The van der Waals surface area contributed by atoms with Crippen LogP contribution in [-0.2, 0) is 9.53 Å². The Morgan fingerprint density at radius 2 is 1.58 bits per heavy atom. The fourth-order valence-electron chi connectivity index (χ4n) is 1.89. The molecule has 0 fully saturated rings. The standard InChI is InChI=1S/C16H12F3NO3S/c17-16(18,19)24-12-8-6-11(7-9-12)15(22)23-13(14(20)21)10-4-2-1-3-5-10/h1-9,13H,(H2,20,21). The van der Waals surface area contributed by atoms with Gasteiger partial charge in [0.15, 0.2) is 0 Å². The first-order valence-corrected chi connectivity index (χ1v) is 7.49. The van der Waals surface area contributed by atoms with Gasteiger partial charge in [-0.1, -0.05) is 30.3 Å². The Hall–Kier alpha value is -2.48. The number of ether oxygens (including phenoxy) is 1. The summed E-state index contributed by atoms with van der Waals surface area (Å²) >= 11 is -0.289. The fraction of sp³-hybridized carbons (Fsp3) is 0.125. The maximum Gasteiger partial charge on any atom is 0.446 e. The van der Waals surface area contributed by atoms with Gasteiger partial charge in [-0.05, 0) is 36.0 Å². The quantitative estimate of drug-likeness (QED) is 0.656. The van der Waals surface area contributed by atoms with Gasteiger partial charge in [0.25, 0.3) is 5.91 Å². The lowest BCUT2D eigenvalue weighted by molar-refractivity contribution is -0.127. The van der Waals surface area contributed by atoms with Gasteiger partial charge in [0, 0.05) is 10.5 Å². The predicted octanol–water partition coefficient (Wildman–Crippen LogP) is 3.68. The molecule has 0 aliphatic heterocycles. The van der Waals surface area contributed by atoms with Gasteiger partial charge < -0.3 is 10.5 Å². The number of primary amides is 1. The van der Waals surface area contributed by atoms with Crippen LogP contribution in [0.5, 0.6) is 0 Å². The lowest BCUT2D eigenvalue weighted by Crippen LogP contribution is -2.26.